The fourth-order valence-corrected chi connectivity index (χ4v) is 2.54. The van der Waals surface area contributed by atoms with Crippen LogP contribution in [-0.4, -0.2) is 49.3 Å². The van der Waals surface area contributed by atoms with E-state index in [9.17, 15) is 9.59 Å². The molecule has 0 atom stereocenters. The number of piperazine rings is 1. The monoisotopic (exact) mass is 325 g/mol. The van der Waals surface area contributed by atoms with Gasteiger partial charge in [-0.05, 0) is 12.1 Å². The number of hydrogen-bond acceptors (Lipinski definition) is 2. The summed E-state index contributed by atoms with van der Waals surface area (Å²) >= 11 is 3.36. The molecule has 1 N–H and O–H groups in total. The van der Waals surface area contributed by atoms with Crippen LogP contribution in [0.2, 0.25) is 0 Å². The summed E-state index contributed by atoms with van der Waals surface area (Å²) in [6.07, 6.45) is 0. The molecule has 1 amide bonds. The van der Waals surface area contributed by atoms with Crippen LogP contribution in [0.1, 0.15) is 17.3 Å². The Bertz CT molecular complexity index is 465. The van der Waals surface area contributed by atoms with Crippen molar-refractivity contribution < 1.29 is 14.5 Å². The van der Waals surface area contributed by atoms with Crippen LogP contribution in [0, 0.1) is 0 Å². The minimum absolute atomic E-state index is 0.123. The number of nitrogens with zero attached hydrogens (tertiary/aromatic N) is 1. The lowest BCUT2D eigenvalue weighted by atomic mass is 10.1. The molecular formula is C14H18BrN2O2+. The van der Waals surface area contributed by atoms with Gasteiger partial charge in [-0.15, -0.1) is 0 Å². The van der Waals surface area contributed by atoms with Gasteiger partial charge in [0, 0.05) is 17.0 Å². The van der Waals surface area contributed by atoms with Crippen molar-refractivity contribution in [2.24, 2.45) is 0 Å². The molecule has 1 aliphatic heterocycles. The molecule has 1 aromatic rings. The van der Waals surface area contributed by atoms with Crippen LogP contribution in [0.15, 0.2) is 28.7 Å². The van der Waals surface area contributed by atoms with E-state index in [-0.39, 0.29) is 11.7 Å². The molecule has 0 radical (unpaired) electrons. The highest BCUT2D eigenvalue weighted by molar-refractivity contribution is 9.10. The van der Waals surface area contributed by atoms with E-state index in [1.54, 1.807) is 6.92 Å². The Balaban J connectivity index is 1.87. The SMILES string of the molecule is CC(=O)N1CC[NH+](CC(=O)c2ccc(Br)cc2)CC1. The zero-order valence-electron chi connectivity index (χ0n) is 11.0. The van der Waals surface area contributed by atoms with Gasteiger partial charge in [0.25, 0.3) is 0 Å². The Labute approximate surface area is 121 Å². The Morgan fingerprint density at radius 2 is 1.79 bits per heavy atom. The number of quaternary nitrogens is 1. The van der Waals surface area contributed by atoms with Gasteiger partial charge in [0.15, 0.2) is 0 Å². The number of benzene rings is 1. The van der Waals surface area contributed by atoms with Crippen LogP contribution in [0.4, 0.5) is 0 Å². The van der Waals surface area contributed by atoms with Crippen molar-refractivity contribution in [3.63, 3.8) is 0 Å². The van der Waals surface area contributed by atoms with Crippen LogP contribution in [-0.2, 0) is 4.79 Å². The second-order valence-corrected chi connectivity index (χ2v) is 5.78. The van der Waals surface area contributed by atoms with Gasteiger partial charge in [-0.1, -0.05) is 28.1 Å². The lowest BCUT2D eigenvalue weighted by Gasteiger charge is -2.31. The van der Waals surface area contributed by atoms with Gasteiger partial charge in [0.05, 0.1) is 26.2 Å². The van der Waals surface area contributed by atoms with Crippen molar-refractivity contribution in [2.75, 3.05) is 32.7 Å². The summed E-state index contributed by atoms with van der Waals surface area (Å²) in [7, 11) is 0. The number of hydrogen-bond donors (Lipinski definition) is 1. The van der Waals surface area contributed by atoms with E-state index in [4.69, 9.17) is 0 Å². The molecule has 1 fully saturated rings. The molecule has 19 heavy (non-hydrogen) atoms. The van der Waals surface area contributed by atoms with Crippen molar-refractivity contribution in [3.8, 4) is 0 Å². The molecule has 0 aliphatic carbocycles. The number of amides is 1. The number of carbonyl (C=O) groups excluding carboxylic acids is 2. The quantitative estimate of drug-likeness (QED) is 0.816. The number of halogens is 1. The maximum absolute atomic E-state index is 12.1. The predicted octanol–water partition coefficient (Wildman–Crippen LogP) is 0.379. The zero-order valence-corrected chi connectivity index (χ0v) is 12.6. The molecule has 2 rings (SSSR count). The molecule has 0 unspecified atom stereocenters. The van der Waals surface area contributed by atoms with Gasteiger partial charge < -0.3 is 9.80 Å². The average Bonchev–Trinajstić information content (AvgIpc) is 2.40. The van der Waals surface area contributed by atoms with E-state index in [1.165, 1.54) is 4.90 Å². The minimum Gasteiger partial charge on any atom is -0.332 e. The fourth-order valence-electron chi connectivity index (χ4n) is 2.28. The second kappa shape index (κ2) is 6.30. The number of Topliss-reactive ketones (excluding diaryl/α,β-unsaturated/α-hetero) is 1. The third-order valence-corrected chi connectivity index (χ3v) is 4.02. The summed E-state index contributed by atoms with van der Waals surface area (Å²) in [5.41, 5.74) is 0.754. The molecule has 5 heteroatoms. The maximum atomic E-state index is 12.1. The van der Waals surface area contributed by atoms with E-state index >= 15 is 0 Å². The highest BCUT2D eigenvalue weighted by atomic mass is 79.9. The van der Waals surface area contributed by atoms with Crippen molar-refractivity contribution in [1.82, 2.24) is 4.90 Å². The fraction of sp³-hybridized carbons (Fsp3) is 0.429. The Morgan fingerprint density at radius 3 is 2.32 bits per heavy atom. The van der Waals surface area contributed by atoms with Gasteiger partial charge in [0.1, 0.15) is 6.54 Å². The topological polar surface area (TPSA) is 41.8 Å². The lowest BCUT2D eigenvalue weighted by Crippen LogP contribution is -3.15. The summed E-state index contributed by atoms with van der Waals surface area (Å²) in [5.74, 6) is 0.289. The van der Waals surface area contributed by atoms with E-state index in [0.29, 0.717) is 6.54 Å². The van der Waals surface area contributed by atoms with Crippen molar-refractivity contribution in [1.29, 1.82) is 0 Å². The summed E-state index contributed by atoms with van der Waals surface area (Å²) in [6.45, 7) is 5.30. The maximum Gasteiger partial charge on any atom is 0.219 e. The second-order valence-electron chi connectivity index (χ2n) is 4.86. The molecule has 1 heterocycles. The molecular weight excluding hydrogens is 308 g/mol. The summed E-state index contributed by atoms with van der Waals surface area (Å²) in [5, 5.41) is 0. The highest BCUT2D eigenvalue weighted by Gasteiger charge is 2.23. The summed E-state index contributed by atoms with van der Waals surface area (Å²) in [4.78, 5) is 26.4. The first kappa shape index (κ1) is 14.2. The van der Waals surface area contributed by atoms with E-state index in [1.807, 2.05) is 29.2 Å². The van der Waals surface area contributed by atoms with Crippen LogP contribution >= 0.6 is 15.9 Å². The molecule has 0 saturated carbocycles. The van der Waals surface area contributed by atoms with Crippen LogP contribution in [0.3, 0.4) is 0 Å². The Hall–Kier alpha value is -1.20. The number of ketones is 1. The third-order valence-electron chi connectivity index (χ3n) is 3.49. The molecule has 102 valence electrons. The predicted molar refractivity (Wildman–Crippen MR) is 76.3 cm³/mol. The van der Waals surface area contributed by atoms with Gasteiger partial charge in [0.2, 0.25) is 11.7 Å². The van der Waals surface area contributed by atoms with Gasteiger partial charge in [-0.2, -0.15) is 0 Å². The van der Waals surface area contributed by atoms with Crippen molar-refractivity contribution >= 4 is 27.6 Å². The van der Waals surface area contributed by atoms with Crippen LogP contribution in [0.5, 0.6) is 0 Å². The smallest absolute Gasteiger partial charge is 0.219 e. The van der Waals surface area contributed by atoms with Crippen LogP contribution in [0.25, 0.3) is 0 Å². The largest absolute Gasteiger partial charge is 0.332 e. The van der Waals surface area contributed by atoms with Crippen LogP contribution < -0.4 is 4.90 Å². The molecule has 1 aromatic carbocycles. The number of rotatable bonds is 3. The van der Waals surface area contributed by atoms with Gasteiger partial charge in [-0.3, -0.25) is 9.59 Å². The Kier molecular flexibility index (Phi) is 4.71. The van der Waals surface area contributed by atoms with Gasteiger partial charge >= 0.3 is 0 Å². The van der Waals surface area contributed by atoms with Crippen molar-refractivity contribution in [2.45, 2.75) is 6.92 Å². The lowest BCUT2D eigenvalue weighted by molar-refractivity contribution is -0.895. The van der Waals surface area contributed by atoms with Gasteiger partial charge in [-0.25, -0.2) is 0 Å². The molecule has 0 bridgehead atoms. The zero-order chi connectivity index (χ0) is 13.8. The van der Waals surface area contributed by atoms with Crippen molar-refractivity contribution in [3.05, 3.63) is 34.3 Å². The van der Waals surface area contributed by atoms with E-state index in [0.717, 1.165) is 36.2 Å². The number of nitrogens with one attached hydrogen (secondary N) is 1. The Morgan fingerprint density at radius 1 is 1.21 bits per heavy atom. The molecule has 0 aromatic heterocycles. The normalized spacial score (nSPS) is 16.4. The first-order valence-corrected chi connectivity index (χ1v) is 7.23. The molecule has 0 spiro atoms. The molecule has 4 nitrogen and oxygen atoms in total. The van der Waals surface area contributed by atoms with E-state index < -0.39 is 0 Å². The highest BCUT2D eigenvalue weighted by Crippen LogP contribution is 2.10. The summed E-state index contributed by atoms with van der Waals surface area (Å²) < 4.78 is 0.978. The molecule has 1 saturated heterocycles. The number of carbonyl (C=O) groups is 2. The minimum atomic E-state index is 0.123. The first-order valence-electron chi connectivity index (χ1n) is 6.44. The standard InChI is InChI=1S/C14H17BrN2O2/c1-11(18)17-8-6-16(7-9-17)10-14(19)12-2-4-13(15)5-3-12/h2-5H,6-10H2,1H3/p+1. The summed E-state index contributed by atoms with van der Waals surface area (Å²) in [6, 6.07) is 7.46. The average molecular weight is 326 g/mol. The van der Waals surface area contributed by atoms with E-state index in [2.05, 4.69) is 15.9 Å². The molecule has 1 aliphatic rings. The third kappa shape index (κ3) is 3.88. The first-order chi connectivity index (χ1) is 9.06.